The molecule has 1 saturated heterocycles. The second-order valence-electron chi connectivity index (χ2n) is 6.42. The van der Waals surface area contributed by atoms with Crippen LogP contribution in [0.2, 0.25) is 0 Å². The highest BCUT2D eigenvalue weighted by atomic mass is 35.5. The number of nitrogens with one attached hydrogen (secondary N) is 2. The number of likely N-dealkylation sites (tertiary alicyclic amines) is 1. The van der Waals surface area contributed by atoms with E-state index in [-0.39, 0.29) is 24.3 Å². The third kappa shape index (κ3) is 5.62. The molecule has 1 heterocycles. The molecule has 27 heavy (non-hydrogen) atoms. The Morgan fingerprint density at radius 3 is 2.19 bits per heavy atom. The number of halogens is 1. The summed E-state index contributed by atoms with van der Waals surface area (Å²) in [6, 6.07) is 14.7. The van der Waals surface area contributed by atoms with Crippen molar-refractivity contribution in [2.45, 2.75) is 25.7 Å². The van der Waals surface area contributed by atoms with Crippen molar-refractivity contribution in [3.63, 3.8) is 0 Å². The van der Waals surface area contributed by atoms with Crippen LogP contribution in [-0.4, -0.2) is 29.9 Å². The highest BCUT2D eigenvalue weighted by Crippen LogP contribution is 2.23. The van der Waals surface area contributed by atoms with Crippen molar-refractivity contribution in [3.05, 3.63) is 54.1 Å². The molecule has 1 fully saturated rings. The van der Waals surface area contributed by atoms with Crippen molar-refractivity contribution in [1.82, 2.24) is 4.90 Å². The van der Waals surface area contributed by atoms with Crippen LogP contribution in [0.15, 0.2) is 48.5 Å². The number of benzene rings is 2. The molecule has 3 rings (SSSR count). The maximum Gasteiger partial charge on any atom is 0.321 e. The Labute approximate surface area is 165 Å². The first-order valence-electron chi connectivity index (χ1n) is 8.91. The zero-order valence-corrected chi connectivity index (χ0v) is 15.9. The number of nitrogen functional groups attached to an aromatic ring is 1. The van der Waals surface area contributed by atoms with Crippen LogP contribution in [0.1, 0.15) is 24.8 Å². The van der Waals surface area contributed by atoms with E-state index in [0.29, 0.717) is 29.9 Å². The number of para-hydroxylation sites is 3. The molecule has 0 atom stereocenters. The average Bonchev–Trinajstić information content (AvgIpc) is 3.17. The maximum atomic E-state index is 12.3. The number of aryl methyl sites for hydroxylation is 1. The molecule has 0 radical (unpaired) electrons. The summed E-state index contributed by atoms with van der Waals surface area (Å²) in [5, 5.41) is 5.78. The minimum absolute atomic E-state index is 0. The van der Waals surface area contributed by atoms with Crippen molar-refractivity contribution >= 4 is 41.4 Å². The van der Waals surface area contributed by atoms with E-state index in [0.717, 1.165) is 31.5 Å². The van der Waals surface area contributed by atoms with E-state index in [1.165, 1.54) is 0 Å². The molecule has 0 aliphatic carbocycles. The standard InChI is InChI=1S/C20H24N4O2.ClH/c21-16-8-2-1-7-15(16)11-12-19(25)22-17-9-3-4-10-18(17)23-20(26)24-13-5-6-14-24;/h1-4,7-10H,5-6,11-14,21H2,(H,22,25)(H,23,26);1H. The lowest BCUT2D eigenvalue weighted by molar-refractivity contribution is -0.116. The summed E-state index contributed by atoms with van der Waals surface area (Å²) in [6.07, 6.45) is 2.96. The van der Waals surface area contributed by atoms with Gasteiger partial charge in [0.05, 0.1) is 11.4 Å². The summed E-state index contributed by atoms with van der Waals surface area (Å²) >= 11 is 0. The fourth-order valence-electron chi connectivity index (χ4n) is 3.04. The van der Waals surface area contributed by atoms with Gasteiger partial charge in [0.15, 0.2) is 0 Å². The van der Waals surface area contributed by atoms with E-state index < -0.39 is 0 Å². The summed E-state index contributed by atoms with van der Waals surface area (Å²) in [4.78, 5) is 26.4. The Hall–Kier alpha value is -2.73. The monoisotopic (exact) mass is 388 g/mol. The molecule has 3 amide bonds. The molecule has 0 unspecified atom stereocenters. The fraction of sp³-hybridized carbons (Fsp3) is 0.300. The molecule has 2 aromatic rings. The predicted octanol–water partition coefficient (Wildman–Crippen LogP) is 3.89. The summed E-state index contributed by atoms with van der Waals surface area (Å²) in [7, 11) is 0. The molecule has 7 heteroatoms. The third-order valence-corrected chi connectivity index (χ3v) is 4.51. The highest BCUT2D eigenvalue weighted by molar-refractivity contribution is 5.99. The minimum Gasteiger partial charge on any atom is -0.399 e. The van der Waals surface area contributed by atoms with Crippen LogP contribution in [0.25, 0.3) is 0 Å². The molecular formula is C20H25ClN4O2. The molecule has 0 saturated carbocycles. The summed E-state index contributed by atoms with van der Waals surface area (Å²) in [6.45, 7) is 1.55. The number of hydrogen-bond acceptors (Lipinski definition) is 3. The van der Waals surface area contributed by atoms with Gasteiger partial charge in [-0.1, -0.05) is 30.3 Å². The van der Waals surface area contributed by atoms with Crippen molar-refractivity contribution in [2.24, 2.45) is 0 Å². The molecule has 0 spiro atoms. The maximum absolute atomic E-state index is 12.3. The second-order valence-corrected chi connectivity index (χ2v) is 6.42. The molecule has 2 aromatic carbocycles. The van der Waals surface area contributed by atoms with Gasteiger partial charge in [0.2, 0.25) is 5.91 Å². The van der Waals surface area contributed by atoms with E-state index in [9.17, 15) is 9.59 Å². The van der Waals surface area contributed by atoms with Crippen LogP contribution in [0.5, 0.6) is 0 Å². The van der Waals surface area contributed by atoms with Crippen molar-refractivity contribution in [2.75, 3.05) is 29.5 Å². The molecule has 1 aliphatic rings. The van der Waals surface area contributed by atoms with E-state index in [1.807, 2.05) is 36.4 Å². The molecule has 144 valence electrons. The predicted molar refractivity (Wildman–Crippen MR) is 111 cm³/mol. The molecule has 4 N–H and O–H groups in total. The van der Waals surface area contributed by atoms with Crippen molar-refractivity contribution in [3.8, 4) is 0 Å². The summed E-state index contributed by atoms with van der Waals surface area (Å²) in [5.74, 6) is -0.115. The van der Waals surface area contributed by atoms with Crippen LogP contribution in [0.4, 0.5) is 21.9 Å². The number of nitrogens with two attached hydrogens (primary N) is 1. The highest BCUT2D eigenvalue weighted by Gasteiger charge is 2.19. The van der Waals surface area contributed by atoms with Gasteiger partial charge in [-0.2, -0.15) is 0 Å². The first-order valence-corrected chi connectivity index (χ1v) is 8.91. The average molecular weight is 389 g/mol. The quantitative estimate of drug-likeness (QED) is 0.679. The van der Waals surface area contributed by atoms with Gasteiger partial charge in [0, 0.05) is 25.2 Å². The van der Waals surface area contributed by atoms with E-state index in [4.69, 9.17) is 5.73 Å². The van der Waals surface area contributed by atoms with Crippen LogP contribution in [-0.2, 0) is 11.2 Å². The van der Waals surface area contributed by atoms with Crippen LogP contribution in [0.3, 0.4) is 0 Å². The molecule has 1 aliphatic heterocycles. The molecule has 0 aromatic heterocycles. The number of anilines is 3. The SMILES string of the molecule is Cl.Nc1ccccc1CCC(=O)Nc1ccccc1NC(=O)N1CCCC1. The normalized spacial score (nSPS) is 13.0. The van der Waals surface area contributed by atoms with Gasteiger partial charge >= 0.3 is 6.03 Å². The number of amides is 3. The van der Waals surface area contributed by atoms with E-state index in [1.54, 1.807) is 17.0 Å². The van der Waals surface area contributed by atoms with Gasteiger partial charge in [-0.3, -0.25) is 4.79 Å². The summed E-state index contributed by atoms with van der Waals surface area (Å²) < 4.78 is 0. The third-order valence-electron chi connectivity index (χ3n) is 4.51. The zero-order valence-electron chi connectivity index (χ0n) is 15.1. The van der Waals surface area contributed by atoms with Gasteiger partial charge in [-0.15, -0.1) is 12.4 Å². The number of carbonyl (C=O) groups excluding carboxylic acids is 2. The fourth-order valence-corrected chi connectivity index (χ4v) is 3.04. The number of hydrogen-bond donors (Lipinski definition) is 3. The Morgan fingerprint density at radius 2 is 1.52 bits per heavy atom. The van der Waals surface area contributed by atoms with Gasteiger partial charge in [0.25, 0.3) is 0 Å². The topological polar surface area (TPSA) is 87.5 Å². The number of nitrogens with zero attached hydrogens (tertiary/aromatic N) is 1. The van der Waals surface area contributed by atoms with Gasteiger partial charge in [-0.25, -0.2) is 4.79 Å². The molecule has 0 bridgehead atoms. The van der Waals surface area contributed by atoms with E-state index in [2.05, 4.69) is 10.6 Å². The zero-order chi connectivity index (χ0) is 18.4. The van der Waals surface area contributed by atoms with Crippen LogP contribution in [0, 0.1) is 0 Å². The van der Waals surface area contributed by atoms with Crippen LogP contribution < -0.4 is 16.4 Å². The Morgan fingerprint density at radius 1 is 0.926 bits per heavy atom. The van der Waals surface area contributed by atoms with Gasteiger partial charge in [0.1, 0.15) is 0 Å². The van der Waals surface area contributed by atoms with Crippen LogP contribution >= 0.6 is 12.4 Å². The first-order chi connectivity index (χ1) is 12.6. The minimum atomic E-state index is -0.124. The smallest absolute Gasteiger partial charge is 0.321 e. The lowest BCUT2D eigenvalue weighted by Crippen LogP contribution is -2.32. The first kappa shape index (κ1) is 20.6. The largest absolute Gasteiger partial charge is 0.399 e. The second kappa shape index (κ2) is 9.83. The lowest BCUT2D eigenvalue weighted by atomic mass is 10.1. The number of carbonyl (C=O) groups is 2. The van der Waals surface area contributed by atoms with Crippen molar-refractivity contribution < 1.29 is 9.59 Å². The summed E-state index contributed by atoms with van der Waals surface area (Å²) in [5.41, 5.74) is 8.78. The molecular weight excluding hydrogens is 364 g/mol. The van der Waals surface area contributed by atoms with Gasteiger partial charge < -0.3 is 21.3 Å². The molecule has 6 nitrogen and oxygen atoms in total. The Bertz CT molecular complexity index is 791. The van der Waals surface area contributed by atoms with Crippen molar-refractivity contribution in [1.29, 1.82) is 0 Å². The Balaban J connectivity index is 0.00000261. The Kier molecular flexibility index (Phi) is 7.49. The number of rotatable bonds is 5. The van der Waals surface area contributed by atoms with E-state index >= 15 is 0 Å². The van der Waals surface area contributed by atoms with Gasteiger partial charge in [-0.05, 0) is 43.0 Å². The lowest BCUT2D eigenvalue weighted by Gasteiger charge is -2.18. The number of urea groups is 1.